The summed E-state index contributed by atoms with van der Waals surface area (Å²) in [6, 6.07) is 0.687. The average molecular weight is 229 g/mol. The fourth-order valence-corrected chi connectivity index (χ4v) is 2.32. The maximum Gasteiger partial charge on any atom is 0.0718 e. The second-order valence-corrected chi connectivity index (χ2v) is 4.91. The highest BCUT2D eigenvalue weighted by Crippen LogP contribution is 2.28. The molecule has 16 heavy (non-hydrogen) atoms. The summed E-state index contributed by atoms with van der Waals surface area (Å²) >= 11 is 0. The first-order valence-electron chi connectivity index (χ1n) is 6.30. The highest BCUT2D eigenvalue weighted by atomic mass is 16.5. The zero-order chi connectivity index (χ0) is 11.4. The minimum atomic E-state index is -0.236. The number of hydrogen-bond donors (Lipinski definition) is 1. The van der Waals surface area contributed by atoms with Gasteiger partial charge in [0.1, 0.15) is 0 Å². The van der Waals surface area contributed by atoms with Crippen molar-refractivity contribution in [3.05, 3.63) is 0 Å². The Labute approximate surface area is 97.5 Å². The van der Waals surface area contributed by atoms with E-state index in [1.165, 1.54) is 12.8 Å². The summed E-state index contributed by atoms with van der Waals surface area (Å²) in [6.07, 6.45) is 3.32. The topological polar surface area (TPSA) is 41.9 Å². The van der Waals surface area contributed by atoms with Crippen LogP contribution in [-0.4, -0.2) is 62.2 Å². The zero-order valence-corrected chi connectivity index (χ0v) is 10.1. The standard InChI is InChI=1S/C12H23NO3/c1-15-7-5-13(11-2-3-11)8-12(14)10-4-6-16-9-10/h10-12,14H,2-9H2,1H3. The van der Waals surface area contributed by atoms with E-state index in [1.54, 1.807) is 7.11 Å². The number of nitrogens with zero attached hydrogens (tertiary/aromatic N) is 1. The SMILES string of the molecule is COCCN(CC(O)C1CCOC1)C1CC1. The molecule has 1 saturated heterocycles. The van der Waals surface area contributed by atoms with Crippen molar-refractivity contribution in [2.24, 2.45) is 5.92 Å². The molecule has 94 valence electrons. The molecule has 0 spiro atoms. The number of aliphatic hydroxyl groups is 1. The van der Waals surface area contributed by atoms with Gasteiger partial charge >= 0.3 is 0 Å². The molecule has 1 N–H and O–H groups in total. The molecule has 0 radical (unpaired) electrons. The Morgan fingerprint density at radius 1 is 1.44 bits per heavy atom. The van der Waals surface area contributed by atoms with E-state index in [0.29, 0.717) is 12.0 Å². The molecule has 4 heteroatoms. The molecule has 0 aromatic rings. The molecule has 0 aromatic heterocycles. The van der Waals surface area contributed by atoms with Crippen LogP contribution in [0.3, 0.4) is 0 Å². The van der Waals surface area contributed by atoms with E-state index < -0.39 is 0 Å². The Bertz CT molecular complexity index is 202. The normalized spacial score (nSPS) is 27.6. The van der Waals surface area contributed by atoms with Crippen LogP contribution in [0.15, 0.2) is 0 Å². The van der Waals surface area contributed by atoms with Gasteiger partial charge in [-0.1, -0.05) is 0 Å². The number of ether oxygens (including phenoxy) is 2. The molecule has 2 unspecified atom stereocenters. The Balaban J connectivity index is 1.74. The molecule has 0 bridgehead atoms. The summed E-state index contributed by atoms with van der Waals surface area (Å²) in [5.41, 5.74) is 0. The monoisotopic (exact) mass is 229 g/mol. The Kier molecular flexibility index (Phi) is 4.58. The van der Waals surface area contributed by atoms with Crippen molar-refractivity contribution in [2.75, 3.05) is 40.0 Å². The molecule has 1 aliphatic carbocycles. The quantitative estimate of drug-likeness (QED) is 0.690. The van der Waals surface area contributed by atoms with E-state index in [1.807, 2.05) is 0 Å². The highest BCUT2D eigenvalue weighted by molar-refractivity contribution is 4.87. The van der Waals surface area contributed by atoms with Gasteiger partial charge in [-0.05, 0) is 19.3 Å². The number of rotatable bonds is 7. The van der Waals surface area contributed by atoms with E-state index in [-0.39, 0.29) is 6.10 Å². The van der Waals surface area contributed by atoms with Gasteiger partial charge in [-0.2, -0.15) is 0 Å². The summed E-state index contributed by atoms with van der Waals surface area (Å²) in [4.78, 5) is 2.37. The van der Waals surface area contributed by atoms with Gasteiger partial charge in [0.15, 0.2) is 0 Å². The first-order valence-corrected chi connectivity index (χ1v) is 6.30. The number of methoxy groups -OCH3 is 1. The molecule has 2 rings (SSSR count). The van der Waals surface area contributed by atoms with Crippen LogP contribution in [0.4, 0.5) is 0 Å². The summed E-state index contributed by atoms with van der Waals surface area (Å²) in [6.45, 7) is 4.01. The molecule has 1 aliphatic heterocycles. The summed E-state index contributed by atoms with van der Waals surface area (Å²) in [5, 5.41) is 10.1. The second-order valence-electron chi connectivity index (χ2n) is 4.91. The van der Waals surface area contributed by atoms with E-state index in [2.05, 4.69) is 4.90 Å². The number of aliphatic hydroxyl groups excluding tert-OH is 1. The number of hydrogen-bond acceptors (Lipinski definition) is 4. The van der Waals surface area contributed by atoms with Crippen molar-refractivity contribution >= 4 is 0 Å². The molecular weight excluding hydrogens is 206 g/mol. The van der Waals surface area contributed by atoms with Crippen LogP contribution in [-0.2, 0) is 9.47 Å². The fraction of sp³-hybridized carbons (Fsp3) is 1.00. The smallest absolute Gasteiger partial charge is 0.0718 e. The van der Waals surface area contributed by atoms with Crippen molar-refractivity contribution in [1.82, 2.24) is 4.90 Å². The minimum Gasteiger partial charge on any atom is -0.391 e. The van der Waals surface area contributed by atoms with Crippen LogP contribution in [0.5, 0.6) is 0 Å². The Morgan fingerprint density at radius 3 is 2.81 bits per heavy atom. The third kappa shape index (κ3) is 3.42. The summed E-state index contributed by atoms with van der Waals surface area (Å²) in [7, 11) is 1.73. The third-order valence-electron chi connectivity index (χ3n) is 3.58. The van der Waals surface area contributed by atoms with Crippen LogP contribution in [0.25, 0.3) is 0 Å². The van der Waals surface area contributed by atoms with Crippen molar-refractivity contribution in [3.63, 3.8) is 0 Å². The highest BCUT2D eigenvalue weighted by Gasteiger charge is 2.32. The van der Waals surface area contributed by atoms with Crippen molar-refractivity contribution < 1.29 is 14.6 Å². The van der Waals surface area contributed by atoms with E-state index in [4.69, 9.17) is 9.47 Å². The van der Waals surface area contributed by atoms with Crippen LogP contribution in [0, 0.1) is 5.92 Å². The maximum absolute atomic E-state index is 10.1. The molecule has 2 atom stereocenters. The first kappa shape index (κ1) is 12.3. The molecule has 4 nitrogen and oxygen atoms in total. The molecule has 0 aromatic carbocycles. The Hall–Kier alpha value is -0.160. The van der Waals surface area contributed by atoms with Crippen LogP contribution >= 0.6 is 0 Å². The second kappa shape index (κ2) is 5.96. The lowest BCUT2D eigenvalue weighted by atomic mass is 10.0. The van der Waals surface area contributed by atoms with Crippen molar-refractivity contribution in [1.29, 1.82) is 0 Å². The molecule has 2 fully saturated rings. The lowest BCUT2D eigenvalue weighted by Gasteiger charge is -2.26. The first-order chi connectivity index (χ1) is 7.81. The van der Waals surface area contributed by atoms with Gasteiger partial charge in [0.25, 0.3) is 0 Å². The van der Waals surface area contributed by atoms with Crippen molar-refractivity contribution in [3.8, 4) is 0 Å². The van der Waals surface area contributed by atoms with Gasteiger partial charge in [-0.3, -0.25) is 4.90 Å². The third-order valence-corrected chi connectivity index (χ3v) is 3.58. The maximum atomic E-state index is 10.1. The zero-order valence-electron chi connectivity index (χ0n) is 10.1. The predicted octanol–water partition coefficient (Wildman–Crippen LogP) is 0.495. The van der Waals surface area contributed by atoms with Gasteiger partial charge in [-0.15, -0.1) is 0 Å². The van der Waals surface area contributed by atoms with Gasteiger partial charge < -0.3 is 14.6 Å². The van der Waals surface area contributed by atoms with E-state index in [0.717, 1.165) is 39.3 Å². The van der Waals surface area contributed by atoms with Gasteiger partial charge in [-0.25, -0.2) is 0 Å². The predicted molar refractivity (Wildman–Crippen MR) is 61.4 cm³/mol. The van der Waals surface area contributed by atoms with Gasteiger partial charge in [0, 0.05) is 38.8 Å². The van der Waals surface area contributed by atoms with Gasteiger partial charge in [0.05, 0.1) is 19.3 Å². The molecule has 1 saturated carbocycles. The fourth-order valence-electron chi connectivity index (χ4n) is 2.32. The lowest BCUT2D eigenvalue weighted by Crippen LogP contribution is -2.39. The summed E-state index contributed by atoms with van der Waals surface area (Å²) < 4.78 is 10.4. The van der Waals surface area contributed by atoms with Gasteiger partial charge in [0.2, 0.25) is 0 Å². The van der Waals surface area contributed by atoms with E-state index in [9.17, 15) is 5.11 Å². The van der Waals surface area contributed by atoms with E-state index >= 15 is 0 Å². The lowest BCUT2D eigenvalue weighted by molar-refractivity contribution is 0.0436. The molecular formula is C12H23NO3. The van der Waals surface area contributed by atoms with Crippen LogP contribution in [0.1, 0.15) is 19.3 Å². The molecule has 1 heterocycles. The van der Waals surface area contributed by atoms with Crippen molar-refractivity contribution in [2.45, 2.75) is 31.4 Å². The molecule has 0 amide bonds. The average Bonchev–Trinajstić information content (AvgIpc) is 2.98. The molecule has 2 aliphatic rings. The Morgan fingerprint density at radius 2 is 2.25 bits per heavy atom. The minimum absolute atomic E-state index is 0.236. The summed E-state index contributed by atoms with van der Waals surface area (Å²) in [5.74, 6) is 0.337. The largest absolute Gasteiger partial charge is 0.391 e. The van der Waals surface area contributed by atoms with Crippen LogP contribution < -0.4 is 0 Å². The van der Waals surface area contributed by atoms with Crippen LogP contribution in [0.2, 0.25) is 0 Å².